The molecule has 0 saturated carbocycles. The van der Waals surface area contributed by atoms with E-state index >= 15 is 0 Å². The van der Waals surface area contributed by atoms with E-state index in [9.17, 15) is 0 Å². The lowest BCUT2D eigenvalue weighted by atomic mass is 10.0. The van der Waals surface area contributed by atoms with Crippen molar-refractivity contribution < 1.29 is 5.11 Å². The van der Waals surface area contributed by atoms with Crippen LogP contribution in [0.5, 0.6) is 0 Å². The van der Waals surface area contributed by atoms with E-state index in [1.54, 1.807) is 12.4 Å². The quantitative estimate of drug-likeness (QED) is 0.359. The Balaban J connectivity index is 1.48. The first-order chi connectivity index (χ1) is 16.6. The second kappa shape index (κ2) is 11.1. The van der Waals surface area contributed by atoms with Crippen LogP contribution in [0.25, 0.3) is 16.6 Å². The first-order valence-corrected chi connectivity index (χ1v) is 11.7. The summed E-state index contributed by atoms with van der Waals surface area (Å²) in [6.45, 7) is 7.10. The van der Waals surface area contributed by atoms with Gasteiger partial charge in [-0.3, -0.25) is 4.98 Å². The number of rotatable bonds is 9. The Morgan fingerprint density at radius 3 is 2.74 bits per heavy atom. The van der Waals surface area contributed by atoms with Crippen molar-refractivity contribution in [1.82, 2.24) is 30.4 Å². The summed E-state index contributed by atoms with van der Waals surface area (Å²) in [4.78, 5) is 11.5. The Labute approximate surface area is 199 Å². The Morgan fingerprint density at radius 1 is 1.18 bits per heavy atom. The van der Waals surface area contributed by atoms with Gasteiger partial charge in [0.1, 0.15) is 5.82 Å². The number of nitrogens with one attached hydrogen (secondary N) is 3. The molecule has 0 aromatic carbocycles. The number of piperidine rings is 1. The molecule has 4 rings (SSSR count). The molecular weight excluding hydrogens is 428 g/mol. The van der Waals surface area contributed by atoms with E-state index in [0.29, 0.717) is 23.6 Å². The van der Waals surface area contributed by atoms with Gasteiger partial charge < -0.3 is 26.0 Å². The topological polar surface area (TPSA) is 123 Å². The predicted octanol–water partition coefficient (Wildman–Crippen LogP) is 3.32. The third-order valence-corrected chi connectivity index (χ3v) is 6.10. The average molecular weight is 461 g/mol. The molecule has 1 aliphatic heterocycles. The molecule has 4 heterocycles. The van der Waals surface area contributed by atoms with Gasteiger partial charge >= 0.3 is 0 Å². The van der Waals surface area contributed by atoms with Gasteiger partial charge in [-0.1, -0.05) is 13.8 Å². The zero-order valence-corrected chi connectivity index (χ0v) is 19.7. The Hall–Kier alpha value is -3.43. The summed E-state index contributed by atoms with van der Waals surface area (Å²) in [6.07, 6.45) is 8.81. The van der Waals surface area contributed by atoms with Gasteiger partial charge in [-0.05, 0) is 48.6 Å². The van der Waals surface area contributed by atoms with Crippen LogP contribution < -0.4 is 10.6 Å². The van der Waals surface area contributed by atoms with Crippen LogP contribution in [0.3, 0.4) is 0 Å². The zero-order valence-electron chi connectivity index (χ0n) is 19.7. The number of β-amino-alcohol motifs (C(OH)–C–C–N with tert-alkyl or cyclic N) is 1. The van der Waals surface area contributed by atoms with Crippen molar-refractivity contribution in [3.8, 4) is 0 Å². The minimum absolute atomic E-state index is 0.202. The summed E-state index contributed by atoms with van der Waals surface area (Å²) < 4.78 is 0. The molecule has 0 atom stereocenters. The van der Waals surface area contributed by atoms with E-state index < -0.39 is 0 Å². The van der Waals surface area contributed by atoms with Gasteiger partial charge in [0, 0.05) is 55.4 Å². The van der Waals surface area contributed by atoms with Gasteiger partial charge in [0.15, 0.2) is 5.82 Å². The van der Waals surface area contributed by atoms with Crippen LogP contribution in [0.1, 0.15) is 43.7 Å². The molecule has 0 radical (unpaired) electrons. The summed E-state index contributed by atoms with van der Waals surface area (Å²) >= 11 is 0. The highest BCUT2D eigenvalue weighted by molar-refractivity contribution is 6.08. The number of hydrogen-bond donors (Lipinski definition) is 4. The van der Waals surface area contributed by atoms with E-state index in [2.05, 4.69) is 44.6 Å². The van der Waals surface area contributed by atoms with Crippen molar-refractivity contribution in [2.75, 3.05) is 31.6 Å². The second-order valence-corrected chi connectivity index (χ2v) is 8.86. The van der Waals surface area contributed by atoms with Crippen LogP contribution in [0.15, 0.2) is 42.9 Å². The molecule has 0 unspecified atom stereocenters. The lowest BCUT2D eigenvalue weighted by molar-refractivity contribution is 0.160. The molecule has 34 heavy (non-hydrogen) atoms. The normalized spacial score (nSPS) is 15.6. The molecule has 9 nitrogen and oxygen atoms in total. The van der Waals surface area contributed by atoms with Crippen LogP contribution >= 0.6 is 0 Å². The number of hydrogen-bond acceptors (Lipinski definition) is 9. The SMILES string of the molecule is CC(C)c1cnnc(Nc2ccc3ncc(/C(C=N)=C/NC4CCN(CCO)CC4)cc3n2)c1. The molecule has 178 valence electrons. The lowest BCUT2D eigenvalue weighted by Gasteiger charge is -2.31. The highest BCUT2D eigenvalue weighted by atomic mass is 16.3. The first kappa shape index (κ1) is 23.7. The number of aromatic nitrogens is 4. The van der Waals surface area contributed by atoms with Crippen molar-refractivity contribution in [2.45, 2.75) is 38.6 Å². The molecule has 3 aromatic rings. The Morgan fingerprint density at radius 2 is 2.00 bits per heavy atom. The second-order valence-electron chi connectivity index (χ2n) is 8.86. The van der Waals surface area contributed by atoms with Crippen LogP contribution in [0, 0.1) is 5.41 Å². The number of aliphatic hydroxyl groups is 1. The molecular formula is C25H32N8O. The Bertz CT molecular complexity index is 1150. The molecule has 0 bridgehead atoms. The number of aliphatic hydroxyl groups excluding tert-OH is 1. The monoisotopic (exact) mass is 460 g/mol. The molecule has 1 aliphatic rings. The Kier molecular flexibility index (Phi) is 7.76. The van der Waals surface area contributed by atoms with Gasteiger partial charge in [0.25, 0.3) is 0 Å². The van der Waals surface area contributed by atoms with Crippen molar-refractivity contribution >= 4 is 34.5 Å². The smallest absolute Gasteiger partial charge is 0.154 e. The third kappa shape index (κ3) is 5.92. The lowest BCUT2D eigenvalue weighted by Crippen LogP contribution is -2.41. The predicted molar refractivity (Wildman–Crippen MR) is 135 cm³/mol. The molecule has 4 N–H and O–H groups in total. The molecule has 0 amide bonds. The number of fused-ring (bicyclic) bond motifs is 1. The van der Waals surface area contributed by atoms with E-state index in [1.165, 1.54) is 6.21 Å². The van der Waals surface area contributed by atoms with Crippen molar-refractivity contribution in [2.24, 2.45) is 0 Å². The fraction of sp³-hybridized carbons (Fsp3) is 0.400. The summed E-state index contributed by atoms with van der Waals surface area (Å²) in [5.41, 5.74) is 4.21. The summed E-state index contributed by atoms with van der Waals surface area (Å²) in [5, 5.41) is 31.9. The fourth-order valence-corrected chi connectivity index (χ4v) is 4.00. The van der Waals surface area contributed by atoms with Crippen molar-refractivity contribution in [3.63, 3.8) is 0 Å². The maximum Gasteiger partial charge on any atom is 0.154 e. The fourth-order valence-electron chi connectivity index (χ4n) is 4.00. The van der Waals surface area contributed by atoms with Crippen LogP contribution in [0.4, 0.5) is 11.6 Å². The largest absolute Gasteiger partial charge is 0.395 e. The van der Waals surface area contributed by atoms with E-state index in [1.807, 2.05) is 30.5 Å². The standard InChI is InChI=1S/C25H32N8O/c1-17(2)18-12-25(32-29-16-18)31-24-4-3-22-23(30-24)11-19(14-28-22)20(13-26)15-27-21-5-7-33(8-6-21)9-10-34/h3-4,11-17,21,26-27,34H,5-10H2,1-2H3,(H,30,31,32)/b20-15+,26-13?. The number of pyridine rings is 2. The van der Waals surface area contributed by atoms with Crippen LogP contribution in [-0.4, -0.2) is 68.7 Å². The molecule has 0 spiro atoms. The number of anilines is 2. The molecule has 3 aromatic heterocycles. The number of nitrogens with zero attached hydrogens (tertiary/aromatic N) is 5. The highest BCUT2D eigenvalue weighted by Gasteiger charge is 2.17. The van der Waals surface area contributed by atoms with Crippen LogP contribution in [0.2, 0.25) is 0 Å². The van der Waals surface area contributed by atoms with Crippen molar-refractivity contribution in [1.29, 1.82) is 5.41 Å². The van der Waals surface area contributed by atoms with Gasteiger partial charge in [-0.2, -0.15) is 5.10 Å². The van der Waals surface area contributed by atoms with Gasteiger partial charge in [-0.15, -0.1) is 5.10 Å². The summed E-state index contributed by atoms with van der Waals surface area (Å²) in [5.74, 6) is 1.67. The summed E-state index contributed by atoms with van der Waals surface area (Å²) in [7, 11) is 0. The minimum atomic E-state index is 0.202. The minimum Gasteiger partial charge on any atom is -0.395 e. The first-order valence-electron chi connectivity index (χ1n) is 11.7. The van der Waals surface area contributed by atoms with Crippen LogP contribution in [-0.2, 0) is 0 Å². The summed E-state index contributed by atoms with van der Waals surface area (Å²) in [6, 6.07) is 8.08. The van der Waals surface area contributed by atoms with Crippen molar-refractivity contribution in [3.05, 3.63) is 54.0 Å². The molecule has 0 aliphatic carbocycles. The maximum atomic E-state index is 9.10. The van der Waals surface area contributed by atoms with E-state index in [4.69, 9.17) is 15.5 Å². The zero-order chi connectivity index (χ0) is 23.9. The van der Waals surface area contributed by atoms with Gasteiger partial charge in [-0.25, -0.2) is 4.98 Å². The molecule has 1 fully saturated rings. The molecule has 9 heteroatoms. The maximum absolute atomic E-state index is 9.10. The number of likely N-dealkylation sites (tertiary alicyclic amines) is 1. The van der Waals surface area contributed by atoms with Gasteiger partial charge in [0.2, 0.25) is 0 Å². The van der Waals surface area contributed by atoms with Gasteiger partial charge in [0.05, 0.1) is 23.8 Å². The average Bonchev–Trinajstić information content (AvgIpc) is 2.85. The highest BCUT2D eigenvalue weighted by Crippen LogP contribution is 2.22. The third-order valence-electron chi connectivity index (χ3n) is 6.10. The molecule has 1 saturated heterocycles. The van der Waals surface area contributed by atoms with E-state index in [-0.39, 0.29) is 6.61 Å². The van der Waals surface area contributed by atoms with E-state index in [0.717, 1.165) is 60.2 Å². The number of allylic oxidation sites excluding steroid dienone is 1.